The molecule has 0 aromatic carbocycles. The lowest BCUT2D eigenvalue weighted by molar-refractivity contribution is -0.380. The molecule has 0 bridgehead atoms. The Labute approximate surface area is 175 Å². The first-order valence-electron chi connectivity index (χ1n) is 9.23. The first-order chi connectivity index (χ1) is 14.3. The molecule has 12 nitrogen and oxygen atoms in total. The van der Waals surface area contributed by atoms with Crippen LogP contribution in [0.25, 0.3) is 0 Å². The Hall–Kier alpha value is -0.780. The maximum atomic E-state index is 10.2. The molecule has 1 aromatic rings. The molecule has 0 aliphatic carbocycles. The lowest BCUT2D eigenvalue weighted by atomic mass is 9.99. The SMILES string of the molecule is OC[C@H]1O[C@@H](OC(O[C@@H]2O[C@H](CO)[C@@H](O)[C@H](O)[C@H]2O)c2cccs2)[C@H](O)[C@@H](O)[C@@H]1O. The van der Waals surface area contributed by atoms with Crippen molar-refractivity contribution in [1.29, 1.82) is 0 Å². The molecule has 2 aliphatic rings. The monoisotopic (exact) mass is 454 g/mol. The molecular weight excluding hydrogens is 428 g/mol. The van der Waals surface area contributed by atoms with Gasteiger partial charge in [0.1, 0.15) is 48.8 Å². The molecular formula is C17H26O12S. The Morgan fingerprint density at radius 1 is 0.767 bits per heavy atom. The summed E-state index contributed by atoms with van der Waals surface area (Å²) in [5, 5.41) is 80.4. The Morgan fingerprint density at radius 2 is 1.23 bits per heavy atom. The zero-order valence-electron chi connectivity index (χ0n) is 15.6. The minimum atomic E-state index is -1.69. The maximum absolute atomic E-state index is 10.2. The molecule has 0 saturated carbocycles. The summed E-state index contributed by atoms with van der Waals surface area (Å²) in [7, 11) is 0. The number of ether oxygens (including phenoxy) is 4. The van der Waals surface area contributed by atoms with E-state index in [1.54, 1.807) is 17.5 Å². The summed E-state index contributed by atoms with van der Waals surface area (Å²) < 4.78 is 21.9. The van der Waals surface area contributed by atoms with Gasteiger partial charge in [0.15, 0.2) is 18.9 Å². The van der Waals surface area contributed by atoms with Crippen molar-refractivity contribution in [3.63, 3.8) is 0 Å². The molecule has 3 rings (SSSR count). The van der Waals surface area contributed by atoms with E-state index in [1.165, 1.54) is 11.3 Å². The van der Waals surface area contributed by atoms with Gasteiger partial charge in [0.05, 0.1) is 18.1 Å². The predicted octanol–water partition coefficient (Wildman–Crippen LogP) is -3.62. The molecule has 30 heavy (non-hydrogen) atoms. The summed E-state index contributed by atoms with van der Waals surface area (Å²) >= 11 is 1.18. The van der Waals surface area contributed by atoms with Crippen molar-refractivity contribution in [2.45, 2.75) is 67.7 Å². The van der Waals surface area contributed by atoms with Crippen molar-refractivity contribution in [2.75, 3.05) is 13.2 Å². The Balaban J connectivity index is 1.77. The van der Waals surface area contributed by atoms with Gasteiger partial charge in [0.2, 0.25) is 0 Å². The lowest BCUT2D eigenvalue weighted by Crippen LogP contribution is -2.60. The molecule has 8 N–H and O–H groups in total. The second kappa shape index (κ2) is 10.2. The highest BCUT2D eigenvalue weighted by Crippen LogP contribution is 2.33. The maximum Gasteiger partial charge on any atom is 0.199 e. The van der Waals surface area contributed by atoms with Crippen molar-refractivity contribution >= 4 is 11.3 Å². The van der Waals surface area contributed by atoms with Crippen LogP contribution < -0.4 is 0 Å². The third-order valence-electron chi connectivity index (χ3n) is 4.99. The average molecular weight is 454 g/mol. The minimum absolute atomic E-state index is 0.434. The van der Waals surface area contributed by atoms with E-state index in [9.17, 15) is 40.9 Å². The van der Waals surface area contributed by atoms with Crippen molar-refractivity contribution in [3.8, 4) is 0 Å². The van der Waals surface area contributed by atoms with Crippen LogP contribution in [-0.2, 0) is 18.9 Å². The second-order valence-corrected chi connectivity index (χ2v) is 7.99. The van der Waals surface area contributed by atoms with Gasteiger partial charge in [-0.25, -0.2) is 0 Å². The quantitative estimate of drug-likeness (QED) is 0.188. The minimum Gasteiger partial charge on any atom is -0.394 e. The summed E-state index contributed by atoms with van der Waals surface area (Å²) in [6.07, 6.45) is -16.7. The van der Waals surface area contributed by atoms with Crippen LogP contribution in [0, 0.1) is 0 Å². The Kier molecular flexibility index (Phi) is 8.14. The number of thiophene rings is 1. The third kappa shape index (κ3) is 4.83. The molecule has 0 spiro atoms. The number of aliphatic hydroxyl groups excluding tert-OH is 8. The number of hydrogen-bond donors (Lipinski definition) is 8. The topological polar surface area (TPSA) is 199 Å². The van der Waals surface area contributed by atoms with Crippen LogP contribution in [0.3, 0.4) is 0 Å². The summed E-state index contributed by atoms with van der Waals surface area (Å²) in [6, 6.07) is 3.27. The summed E-state index contributed by atoms with van der Waals surface area (Å²) in [4.78, 5) is 0.434. The molecule has 10 atom stereocenters. The Bertz CT molecular complexity index is 605. The van der Waals surface area contributed by atoms with E-state index in [4.69, 9.17) is 18.9 Å². The van der Waals surface area contributed by atoms with Crippen molar-refractivity contribution in [2.24, 2.45) is 0 Å². The van der Waals surface area contributed by atoms with Gasteiger partial charge in [-0.3, -0.25) is 0 Å². The molecule has 172 valence electrons. The molecule has 1 aromatic heterocycles. The molecule has 3 heterocycles. The zero-order valence-corrected chi connectivity index (χ0v) is 16.4. The Morgan fingerprint density at radius 3 is 1.60 bits per heavy atom. The van der Waals surface area contributed by atoms with E-state index < -0.39 is 80.9 Å². The van der Waals surface area contributed by atoms with Gasteiger partial charge in [-0.1, -0.05) is 6.07 Å². The molecule has 0 radical (unpaired) electrons. The van der Waals surface area contributed by atoms with E-state index >= 15 is 0 Å². The van der Waals surface area contributed by atoms with Gasteiger partial charge in [-0.2, -0.15) is 0 Å². The van der Waals surface area contributed by atoms with Crippen molar-refractivity contribution < 1.29 is 59.8 Å². The van der Waals surface area contributed by atoms with Crippen LogP contribution in [-0.4, -0.2) is 115 Å². The van der Waals surface area contributed by atoms with Crippen LogP contribution in [0.1, 0.15) is 11.2 Å². The van der Waals surface area contributed by atoms with Crippen LogP contribution in [0.2, 0.25) is 0 Å². The average Bonchev–Trinajstić information content (AvgIpc) is 3.28. The van der Waals surface area contributed by atoms with Crippen LogP contribution in [0.4, 0.5) is 0 Å². The van der Waals surface area contributed by atoms with E-state index in [0.29, 0.717) is 4.88 Å². The zero-order chi connectivity index (χ0) is 22.0. The second-order valence-electron chi connectivity index (χ2n) is 7.01. The summed E-state index contributed by atoms with van der Waals surface area (Å²) in [5.74, 6) is 0. The highest BCUT2D eigenvalue weighted by atomic mass is 32.1. The largest absolute Gasteiger partial charge is 0.394 e. The number of rotatable bonds is 7. The molecule has 2 fully saturated rings. The van der Waals surface area contributed by atoms with E-state index in [-0.39, 0.29) is 0 Å². The van der Waals surface area contributed by atoms with Crippen LogP contribution >= 0.6 is 11.3 Å². The van der Waals surface area contributed by atoms with Gasteiger partial charge in [-0.05, 0) is 11.4 Å². The fraction of sp³-hybridized carbons (Fsp3) is 0.765. The van der Waals surface area contributed by atoms with E-state index in [2.05, 4.69) is 0 Å². The smallest absolute Gasteiger partial charge is 0.199 e. The van der Waals surface area contributed by atoms with Crippen LogP contribution in [0.5, 0.6) is 0 Å². The van der Waals surface area contributed by atoms with Crippen molar-refractivity contribution in [3.05, 3.63) is 22.4 Å². The highest BCUT2D eigenvalue weighted by molar-refractivity contribution is 7.10. The van der Waals surface area contributed by atoms with Crippen LogP contribution in [0.15, 0.2) is 17.5 Å². The van der Waals surface area contributed by atoms with Gasteiger partial charge in [0, 0.05) is 0 Å². The fourth-order valence-electron chi connectivity index (χ4n) is 3.19. The summed E-state index contributed by atoms with van der Waals surface area (Å²) in [5.41, 5.74) is 0. The van der Waals surface area contributed by atoms with Gasteiger partial charge in [0.25, 0.3) is 0 Å². The van der Waals surface area contributed by atoms with E-state index in [1.807, 2.05) is 0 Å². The molecule has 2 saturated heterocycles. The highest BCUT2D eigenvalue weighted by Gasteiger charge is 2.48. The normalized spacial score (nSPS) is 42.6. The summed E-state index contributed by atoms with van der Waals surface area (Å²) in [6.45, 7) is -1.30. The van der Waals surface area contributed by atoms with Gasteiger partial charge >= 0.3 is 0 Å². The fourth-order valence-corrected chi connectivity index (χ4v) is 3.89. The predicted molar refractivity (Wildman–Crippen MR) is 96.8 cm³/mol. The first-order valence-corrected chi connectivity index (χ1v) is 10.1. The van der Waals surface area contributed by atoms with E-state index in [0.717, 1.165) is 0 Å². The molecule has 0 unspecified atom stereocenters. The third-order valence-corrected chi connectivity index (χ3v) is 5.88. The molecule has 0 amide bonds. The molecule has 13 heteroatoms. The molecule has 2 aliphatic heterocycles. The van der Waals surface area contributed by atoms with Gasteiger partial charge in [-0.15, -0.1) is 11.3 Å². The first kappa shape index (κ1) is 23.9. The lowest BCUT2D eigenvalue weighted by Gasteiger charge is -2.43. The van der Waals surface area contributed by atoms with Crippen molar-refractivity contribution in [1.82, 2.24) is 0 Å². The standard InChI is InChI=1S/C17H26O12S/c18-4-6-9(20)11(22)13(24)16(26-6)28-15(8-2-1-3-30-8)29-17-14(25)12(23)10(21)7(5-19)27-17/h1-3,6-7,9-25H,4-5H2/t6-,7-,9-,10-,11+,12+,13-,14-,16+,17+/m1/s1. The number of aliphatic hydroxyl groups is 8. The van der Waals surface area contributed by atoms with Gasteiger partial charge < -0.3 is 59.8 Å². The number of hydrogen-bond acceptors (Lipinski definition) is 13.